The number of carbonyl (C=O) groups is 2. The fraction of sp³-hybridized carbons (Fsp3) is 0.143. The molecule has 0 radical (unpaired) electrons. The Labute approximate surface area is 110 Å². The Hall–Kier alpha value is -2.40. The molecule has 0 bridgehead atoms. The molecule has 1 rings (SSSR count). The van der Waals surface area contributed by atoms with Gasteiger partial charge in [0, 0.05) is 0 Å². The predicted molar refractivity (Wildman–Crippen MR) is 68.8 cm³/mol. The lowest BCUT2D eigenvalue weighted by Crippen LogP contribution is -2.16. The Morgan fingerprint density at radius 1 is 1.05 bits per heavy atom. The molecule has 0 aliphatic heterocycles. The Balaban J connectivity index is 2.36. The Kier molecular flexibility index (Phi) is 5.50. The van der Waals surface area contributed by atoms with Gasteiger partial charge in [-0.1, -0.05) is 31.4 Å². The average molecular weight is 262 g/mol. The Morgan fingerprint density at radius 3 is 2.21 bits per heavy atom. The van der Waals surface area contributed by atoms with E-state index in [0.29, 0.717) is 5.75 Å². The minimum atomic E-state index is -1.14. The summed E-state index contributed by atoms with van der Waals surface area (Å²) < 4.78 is 10.0. The van der Waals surface area contributed by atoms with Crippen molar-refractivity contribution in [1.82, 2.24) is 0 Å². The van der Waals surface area contributed by atoms with Crippen molar-refractivity contribution >= 4 is 11.9 Å². The third-order valence-electron chi connectivity index (χ3n) is 2.10. The number of ether oxygens (including phenoxy) is 2. The molecule has 1 aromatic rings. The number of rotatable bonds is 7. The first-order valence-corrected chi connectivity index (χ1v) is 5.44. The van der Waals surface area contributed by atoms with Gasteiger partial charge in [0.15, 0.2) is 0 Å². The zero-order valence-corrected chi connectivity index (χ0v) is 10.3. The van der Waals surface area contributed by atoms with Crippen LogP contribution in [-0.2, 0) is 14.3 Å². The molecule has 0 amide bonds. The van der Waals surface area contributed by atoms with E-state index in [4.69, 9.17) is 14.6 Å². The first kappa shape index (κ1) is 14.7. The summed E-state index contributed by atoms with van der Waals surface area (Å²) in [6.07, 6.45) is 0. The largest absolute Gasteiger partial charge is 0.478 e. The van der Waals surface area contributed by atoms with Crippen LogP contribution in [0.1, 0.15) is 0 Å². The van der Waals surface area contributed by atoms with Gasteiger partial charge in [0.25, 0.3) is 0 Å². The van der Waals surface area contributed by atoms with Crippen molar-refractivity contribution in [2.24, 2.45) is 0 Å². The summed E-state index contributed by atoms with van der Waals surface area (Å²) in [4.78, 5) is 22.0. The second-order valence-corrected chi connectivity index (χ2v) is 3.71. The number of carbonyl (C=O) groups excluding carboxylic acids is 1. The highest BCUT2D eigenvalue weighted by Crippen LogP contribution is 2.10. The summed E-state index contributed by atoms with van der Waals surface area (Å²) in [5.74, 6) is -1.35. The molecule has 0 aromatic heterocycles. The van der Waals surface area contributed by atoms with E-state index in [0.717, 1.165) is 0 Å². The van der Waals surface area contributed by atoms with E-state index in [2.05, 4.69) is 13.2 Å². The maximum Gasteiger partial charge on any atom is 0.341 e. The van der Waals surface area contributed by atoms with Crippen molar-refractivity contribution in [1.29, 1.82) is 0 Å². The molecule has 5 nitrogen and oxygen atoms in total. The van der Waals surface area contributed by atoms with Crippen LogP contribution in [0.25, 0.3) is 0 Å². The maximum atomic E-state index is 11.6. The van der Waals surface area contributed by atoms with Crippen LogP contribution < -0.4 is 4.74 Å². The highest BCUT2D eigenvalue weighted by atomic mass is 16.5. The van der Waals surface area contributed by atoms with Crippen molar-refractivity contribution in [2.75, 3.05) is 13.2 Å². The zero-order chi connectivity index (χ0) is 14.3. The fourth-order valence-electron chi connectivity index (χ4n) is 1.09. The van der Waals surface area contributed by atoms with Crippen molar-refractivity contribution < 1.29 is 24.2 Å². The number of esters is 1. The van der Waals surface area contributed by atoms with Crippen molar-refractivity contribution in [3.63, 3.8) is 0 Å². The SMILES string of the molecule is C=C(COCC(=C)C(=O)Oc1ccccc1)C(=O)O. The molecule has 19 heavy (non-hydrogen) atoms. The molecule has 0 fully saturated rings. The molecule has 0 aliphatic rings. The van der Waals surface area contributed by atoms with E-state index in [1.807, 2.05) is 0 Å². The zero-order valence-electron chi connectivity index (χ0n) is 10.3. The topological polar surface area (TPSA) is 72.8 Å². The normalized spacial score (nSPS) is 9.68. The second-order valence-electron chi connectivity index (χ2n) is 3.71. The van der Waals surface area contributed by atoms with Gasteiger partial charge in [0.2, 0.25) is 0 Å². The number of carboxylic acid groups (broad SMARTS) is 1. The van der Waals surface area contributed by atoms with Crippen molar-refractivity contribution in [3.05, 3.63) is 54.6 Å². The third-order valence-corrected chi connectivity index (χ3v) is 2.10. The summed E-state index contributed by atoms with van der Waals surface area (Å²) in [7, 11) is 0. The van der Waals surface area contributed by atoms with E-state index in [-0.39, 0.29) is 24.4 Å². The number of hydrogen-bond donors (Lipinski definition) is 1. The Bertz CT molecular complexity index is 490. The van der Waals surface area contributed by atoms with Crippen LogP contribution >= 0.6 is 0 Å². The lowest BCUT2D eigenvalue weighted by Gasteiger charge is -2.07. The van der Waals surface area contributed by atoms with Gasteiger partial charge in [-0.2, -0.15) is 0 Å². The summed E-state index contributed by atoms with van der Waals surface area (Å²) >= 11 is 0. The highest BCUT2D eigenvalue weighted by Gasteiger charge is 2.11. The van der Waals surface area contributed by atoms with E-state index < -0.39 is 11.9 Å². The molecule has 0 atom stereocenters. The van der Waals surface area contributed by atoms with Gasteiger partial charge < -0.3 is 14.6 Å². The number of para-hydroxylation sites is 1. The predicted octanol–water partition coefficient (Wildman–Crippen LogP) is 1.81. The summed E-state index contributed by atoms with van der Waals surface area (Å²) in [5, 5.41) is 8.56. The number of aliphatic carboxylic acids is 1. The summed E-state index contributed by atoms with van der Waals surface area (Å²) in [6.45, 7) is 6.52. The smallest absolute Gasteiger partial charge is 0.341 e. The molecule has 5 heteroatoms. The molecule has 100 valence electrons. The lowest BCUT2D eigenvalue weighted by molar-refractivity contribution is -0.133. The van der Waals surface area contributed by atoms with Crippen LogP contribution in [0.3, 0.4) is 0 Å². The molecule has 0 heterocycles. The molecule has 1 aromatic carbocycles. The third kappa shape index (κ3) is 5.18. The van der Waals surface area contributed by atoms with Gasteiger partial charge in [0.1, 0.15) is 5.75 Å². The molecule has 1 N–H and O–H groups in total. The summed E-state index contributed by atoms with van der Waals surface area (Å²) in [5.41, 5.74) is 0.00580. The van der Waals surface area contributed by atoms with Crippen molar-refractivity contribution in [2.45, 2.75) is 0 Å². The molecule has 0 unspecified atom stereocenters. The van der Waals surface area contributed by atoms with Gasteiger partial charge in [-0.15, -0.1) is 0 Å². The van der Waals surface area contributed by atoms with Crippen LogP contribution in [0.2, 0.25) is 0 Å². The number of carboxylic acids is 1. The van der Waals surface area contributed by atoms with Gasteiger partial charge in [-0.25, -0.2) is 9.59 Å². The van der Waals surface area contributed by atoms with Crippen LogP contribution in [0.5, 0.6) is 5.75 Å². The minimum absolute atomic E-state index is 0.0933. The lowest BCUT2D eigenvalue weighted by atomic mass is 10.3. The molecular formula is C14H14O5. The van der Waals surface area contributed by atoms with Crippen molar-refractivity contribution in [3.8, 4) is 5.75 Å². The second kappa shape index (κ2) is 7.13. The van der Waals surface area contributed by atoms with Crippen LogP contribution in [-0.4, -0.2) is 30.3 Å². The average Bonchev–Trinajstić information content (AvgIpc) is 2.39. The van der Waals surface area contributed by atoms with Gasteiger partial charge in [-0.05, 0) is 12.1 Å². The fourth-order valence-corrected chi connectivity index (χ4v) is 1.09. The monoisotopic (exact) mass is 262 g/mol. The molecule has 0 saturated carbocycles. The van der Waals surface area contributed by atoms with Gasteiger partial charge in [0.05, 0.1) is 24.4 Å². The first-order valence-electron chi connectivity index (χ1n) is 5.44. The minimum Gasteiger partial charge on any atom is -0.478 e. The molecule has 0 spiro atoms. The molecular weight excluding hydrogens is 248 g/mol. The van der Waals surface area contributed by atoms with Crippen LogP contribution in [0, 0.1) is 0 Å². The highest BCUT2D eigenvalue weighted by molar-refractivity contribution is 5.89. The van der Waals surface area contributed by atoms with E-state index >= 15 is 0 Å². The van der Waals surface area contributed by atoms with Gasteiger partial charge >= 0.3 is 11.9 Å². The van der Waals surface area contributed by atoms with E-state index in [1.54, 1.807) is 30.3 Å². The molecule has 0 saturated heterocycles. The van der Waals surface area contributed by atoms with E-state index in [9.17, 15) is 9.59 Å². The maximum absolute atomic E-state index is 11.6. The number of hydrogen-bond acceptors (Lipinski definition) is 4. The number of benzene rings is 1. The van der Waals surface area contributed by atoms with Crippen LogP contribution in [0.15, 0.2) is 54.6 Å². The quantitative estimate of drug-likeness (QED) is 0.461. The van der Waals surface area contributed by atoms with Crippen LogP contribution in [0.4, 0.5) is 0 Å². The molecule has 0 aliphatic carbocycles. The summed E-state index contributed by atoms with van der Waals surface area (Å²) in [6, 6.07) is 8.54. The Morgan fingerprint density at radius 2 is 1.63 bits per heavy atom. The first-order chi connectivity index (χ1) is 9.00. The van der Waals surface area contributed by atoms with Gasteiger partial charge in [-0.3, -0.25) is 0 Å². The standard InChI is InChI=1S/C14H14O5/c1-10(13(15)16)8-18-9-11(2)14(17)19-12-6-4-3-5-7-12/h3-7H,1-2,8-9H2,(H,15,16). The van der Waals surface area contributed by atoms with E-state index in [1.165, 1.54) is 0 Å².